The first-order chi connectivity index (χ1) is 12.9. The first-order valence-electron chi connectivity index (χ1n) is 8.80. The molecule has 0 bridgehead atoms. The summed E-state index contributed by atoms with van der Waals surface area (Å²) in [5.41, 5.74) is 3.17. The molecule has 0 unspecified atom stereocenters. The molecule has 1 aliphatic heterocycles. The van der Waals surface area contributed by atoms with E-state index in [-0.39, 0.29) is 23.2 Å². The molecular weight excluding hydrogens is 398 g/mol. The molecule has 0 spiro atoms. The average molecular weight is 422 g/mol. The number of halogens is 1. The van der Waals surface area contributed by atoms with Gasteiger partial charge in [0.25, 0.3) is 15.9 Å². The topological polar surface area (TPSA) is 87.3 Å². The van der Waals surface area contributed by atoms with Crippen LogP contribution in [0.3, 0.4) is 0 Å². The first kappa shape index (κ1) is 21.9. The van der Waals surface area contributed by atoms with Gasteiger partial charge in [-0.05, 0) is 56.3 Å². The van der Waals surface area contributed by atoms with Crippen LogP contribution in [-0.4, -0.2) is 34.0 Å². The van der Waals surface area contributed by atoms with E-state index >= 15 is 0 Å². The van der Waals surface area contributed by atoms with Gasteiger partial charge in [-0.1, -0.05) is 29.3 Å². The zero-order valence-corrected chi connectivity index (χ0v) is 17.2. The van der Waals surface area contributed by atoms with Crippen molar-refractivity contribution in [2.24, 2.45) is 0 Å². The van der Waals surface area contributed by atoms with Crippen molar-refractivity contribution in [1.29, 1.82) is 0 Å². The number of anilines is 1. The quantitative estimate of drug-likeness (QED) is 0.626. The van der Waals surface area contributed by atoms with Crippen LogP contribution in [0.5, 0.6) is 0 Å². The molecular formula is C20H24ClN3O3S. The number of hydrogen-bond acceptors (Lipinski definition) is 4. The SMILES string of the molecule is Cc1ccc(NS(=O)(=O)c2ccc(C(=O)NCC3=CCNCC3)cc2)cc1.Cl. The molecule has 1 amide bonds. The van der Waals surface area contributed by atoms with Crippen LogP contribution in [0, 0.1) is 6.92 Å². The minimum atomic E-state index is -3.70. The van der Waals surface area contributed by atoms with Gasteiger partial charge in [0, 0.05) is 24.3 Å². The fourth-order valence-electron chi connectivity index (χ4n) is 2.75. The Bertz CT molecular complexity index is 940. The van der Waals surface area contributed by atoms with Crippen molar-refractivity contribution >= 4 is 34.0 Å². The lowest BCUT2D eigenvalue weighted by atomic mass is 10.1. The highest BCUT2D eigenvalue weighted by Gasteiger charge is 2.15. The van der Waals surface area contributed by atoms with Crippen molar-refractivity contribution in [3.05, 3.63) is 71.3 Å². The summed E-state index contributed by atoms with van der Waals surface area (Å²) in [5.74, 6) is -0.218. The Morgan fingerprint density at radius 3 is 2.36 bits per heavy atom. The van der Waals surface area contributed by atoms with Gasteiger partial charge >= 0.3 is 0 Å². The average Bonchev–Trinajstić information content (AvgIpc) is 2.69. The third kappa shape index (κ3) is 5.82. The number of aryl methyl sites for hydroxylation is 1. The molecule has 8 heteroatoms. The van der Waals surface area contributed by atoms with Crippen LogP contribution < -0.4 is 15.4 Å². The molecule has 28 heavy (non-hydrogen) atoms. The van der Waals surface area contributed by atoms with Gasteiger partial charge in [0.1, 0.15) is 0 Å². The number of hydrogen-bond donors (Lipinski definition) is 3. The van der Waals surface area contributed by atoms with E-state index in [0.717, 1.165) is 25.1 Å². The first-order valence-corrected chi connectivity index (χ1v) is 10.3. The largest absolute Gasteiger partial charge is 0.348 e. The van der Waals surface area contributed by atoms with Gasteiger partial charge < -0.3 is 10.6 Å². The lowest BCUT2D eigenvalue weighted by Gasteiger charge is -2.14. The highest BCUT2D eigenvalue weighted by molar-refractivity contribution is 7.92. The van der Waals surface area contributed by atoms with Crippen molar-refractivity contribution < 1.29 is 13.2 Å². The lowest BCUT2D eigenvalue weighted by molar-refractivity contribution is 0.0956. The zero-order chi connectivity index (χ0) is 19.3. The molecule has 0 fully saturated rings. The van der Waals surface area contributed by atoms with Crippen molar-refractivity contribution in [2.45, 2.75) is 18.2 Å². The normalized spacial score (nSPS) is 13.8. The summed E-state index contributed by atoms with van der Waals surface area (Å²) < 4.78 is 27.5. The Labute approximate surface area is 171 Å². The summed E-state index contributed by atoms with van der Waals surface area (Å²) in [5, 5.41) is 6.09. The zero-order valence-electron chi connectivity index (χ0n) is 15.6. The number of amides is 1. The molecule has 0 saturated carbocycles. The highest BCUT2D eigenvalue weighted by atomic mass is 35.5. The summed E-state index contributed by atoms with van der Waals surface area (Å²) in [6, 6.07) is 13.0. The van der Waals surface area contributed by atoms with E-state index in [1.165, 1.54) is 29.8 Å². The fraction of sp³-hybridized carbons (Fsp3) is 0.250. The Morgan fingerprint density at radius 1 is 1.07 bits per heavy atom. The second kappa shape index (κ2) is 9.73. The third-order valence-electron chi connectivity index (χ3n) is 4.36. The number of benzene rings is 2. The molecule has 1 heterocycles. The molecule has 0 saturated heterocycles. The Kier molecular flexibility index (Phi) is 7.62. The second-order valence-corrected chi connectivity index (χ2v) is 8.18. The van der Waals surface area contributed by atoms with E-state index in [0.29, 0.717) is 17.8 Å². The Hall–Kier alpha value is -2.35. The van der Waals surface area contributed by atoms with Crippen LogP contribution in [0.2, 0.25) is 0 Å². The summed E-state index contributed by atoms with van der Waals surface area (Å²) in [4.78, 5) is 12.4. The number of sulfonamides is 1. The van der Waals surface area contributed by atoms with Crippen LogP contribution in [-0.2, 0) is 10.0 Å². The molecule has 0 radical (unpaired) electrons. The maximum atomic E-state index is 12.5. The standard InChI is InChI=1S/C20H23N3O3S.ClH/c1-15-2-6-18(7-3-15)23-27(25,26)19-8-4-17(5-9-19)20(24)22-14-16-10-12-21-13-11-16;/h2-10,21,23H,11-14H2,1H3,(H,22,24);1H. The van der Waals surface area contributed by atoms with Crippen LogP contribution in [0.25, 0.3) is 0 Å². The number of carbonyl (C=O) groups excluding carboxylic acids is 1. The van der Waals surface area contributed by atoms with Gasteiger partial charge in [-0.2, -0.15) is 0 Å². The summed E-state index contributed by atoms with van der Waals surface area (Å²) in [6.07, 6.45) is 3.00. The van der Waals surface area contributed by atoms with E-state index in [1.54, 1.807) is 12.1 Å². The highest BCUT2D eigenvalue weighted by Crippen LogP contribution is 2.17. The van der Waals surface area contributed by atoms with E-state index in [9.17, 15) is 13.2 Å². The third-order valence-corrected chi connectivity index (χ3v) is 5.76. The second-order valence-electron chi connectivity index (χ2n) is 6.50. The summed E-state index contributed by atoms with van der Waals surface area (Å²) in [6.45, 7) is 4.19. The van der Waals surface area contributed by atoms with Gasteiger partial charge in [0.05, 0.1) is 4.90 Å². The monoisotopic (exact) mass is 421 g/mol. The molecule has 3 rings (SSSR count). The molecule has 0 atom stereocenters. The van der Waals surface area contributed by atoms with Gasteiger partial charge in [-0.3, -0.25) is 9.52 Å². The maximum Gasteiger partial charge on any atom is 0.261 e. The molecule has 1 aliphatic rings. The van der Waals surface area contributed by atoms with Crippen molar-refractivity contribution in [3.8, 4) is 0 Å². The van der Waals surface area contributed by atoms with Crippen LogP contribution in [0.1, 0.15) is 22.3 Å². The number of nitrogens with one attached hydrogen (secondary N) is 3. The summed E-state index contributed by atoms with van der Waals surface area (Å²) in [7, 11) is -3.70. The van der Waals surface area contributed by atoms with E-state index in [4.69, 9.17) is 0 Å². The van der Waals surface area contributed by atoms with Gasteiger partial charge in [-0.25, -0.2) is 8.42 Å². The molecule has 150 valence electrons. The maximum absolute atomic E-state index is 12.5. The van der Waals surface area contributed by atoms with Crippen LogP contribution >= 0.6 is 12.4 Å². The number of rotatable bonds is 6. The van der Waals surface area contributed by atoms with Crippen molar-refractivity contribution in [2.75, 3.05) is 24.4 Å². The van der Waals surface area contributed by atoms with Gasteiger partial charge in [0.2, 0.25) is 0 Å². The van der Waals surface area contributed by atoms with Crippen molar-refractivity contribution in [1.82, 2.24) is 10.6 Å². The Morgan fingerprint density at radius 2 is 1.75 bits per heavy atom. The van der Waals surface area contributed by atoms with E-state index < -0.39 is 10.0 Å². The van der Waals surface area contributed by atoms with Crippen molar-refractivity contribution in [3.63, 3.8) is 0 Å². The van der Waals surface area contributed by atoms with Gasteiger partial charge in [0.15, 0.2) is 0 Å². The lowest BCUT2D eigenvalue weighted by Crippen LogP contribution is -2.29. The van der Waals surface area contributed by atoms with Gasteiger partial charge in [-0.15, -0.1) is 12.4 Å². The fourth-order valence-corrected chi connectivity index (χ4v) is 3.81. The predicted octanol–water partition coefficient (Wildman–Crippen LogP) is 2.87. The predicted molar refractivity (Wildman–Crippen MR) is 114 cm³/mol. The van der Waals surface area contributed by atoms with Crippen LogP contribution in [0.4, 0.5) is 5.69 Å². The number of carbonyl (C=O) groups is 1. The molecule has 2 aromatic carbocycles. The molecule has 0 aliphatic carbocycles. The van der Waals surface area contributed by atoms with Crippen LogP contribution in [0.15, 0.2) is 65.1 Å². The molecule has 6 nitrogen and oxygen atoms in total. The summed E-state index contributed by atoms with van der Waals surface area (Å²) >= 11 is 0. The minimum Gasteiger partial charge on any atom is -0.348 e. The molecule has 0 aromatic heterocycles. The van der Waals surface area contributed by atoms with E-state index in [2.05, 4.69) is 21.4 Å². The Balaban J connectivity index is 0.00000280. The molecule has 3 N–H and O–H groups in total. The molecule has 2 aromatic rings. The minimum absolute atomic E-state index is 0. The van der Waals surface area contributed by atoms with E-state index in [1.807, 2.05) is 19.1 Å². The smallest absolute Gasteiger partial charge is 0.261 e.